The number of hydrogen-bond donors (Lipinski definition) is 3. The van der Waals surface area contributed by atoms with Gasteiger partial charge in [0, 0.05) is 11.1 Å². The number of nitrogen functional groups attached to an aromatic ring is 1. The van der Waals surface area contributed by atoms with Crippen molar-refractivity contribution < 1.29 is 14.9 Å². The number of ether oxygens (including phenoxy) is 1. The van der Waals surface area contributed by atoms with Gasteiger partial charge in [-0.2, -0.15) is 0 Å². The van der Waals surface area contributed by atoms with Crippen LogP contribution >= 0.6 is 11.8 Å². The second kappa shape index (κ2) is 7.23. The van der Waals surface area contributed by atoms with Gasteiger partial charge in [-0.1, -0.05) is 24.3 Å². The Morgan fingerprint density at radius 3 is 2.83 bits per heavy atom. The molecule has 5 rings (SSSR count). The number of benzene rings is 1. The van der Waals surface area contributed by atoms with E-state index in [-0.39, 0.29) is 5.82 Å². The van der Waals surface area contributed by atoms with E-state index in [1.807, 2.05) is 36.4 Å². The summed E-state index contributed by atoms with van der Waals surface area (Å²) in [5.41, 5.74) is 7.60. The monoisotopic (exact) mass is 410 g/mol. The lowest BCUT2D eigenvalue weighted by Crippen LogP contribution is -2.32. The largest absolute Gasteiger partial charge is 0.387 e. The van der Waals surface area contributed by atoms with Crippen LogP contribution < -0.4 is 5.73 Å². The molecule has 1 saturated heterocycles. The second-order valence-electron chi connectivity index (χ2n) is 6.78. The molecule has 1 aliphatic rings. The number of nitrogens with two attached hydrogens (primary N) is 1. The lowest BCUT2D eigenvalue weighted by atomic mass is 10.1. The molecule has 0 radical (unpaired) electrons. The van der Waals surface area contributed by atoms with Crippen molar-refractivity contribution in [2.24, 2.45) is 0 Å². The van der Waals surface area contributed by atoms with Crippen LogP contribution in [0.4, 0.5) is 5.82 Å². The Hall–Kier alpha value is -2.79. The Kier molecular flexibility index (Phi) is 4.55. The molecule has 0 spiro atoms. The number of aliphatic hydroxyl groups is 2. The molecule has 4 heterocycles. The summed E-state index contributed by atoms with van der Waals surface area (Å²) in [5.74, 6) is 0.681. The predicted molar refractivity (Wildman–Crippen MR) is 108 cm³/mol. The van der Waals surface area contributed by atoms with E-state index in [0.717, 1.165) is 15.9 Å². The van der Waals surface area contributed by atoms with Crippen molar-refractivity contribution in [3.63, 3.8) is 0 Å². The van der Waals surface area contributed by atoms with E-state index >= 15 is 0 Å². The standard InChI is InChI=1S/C19H18N6O3S/c20-17-14-18(22-8-21-17)25(9-23-14)19-16(27)15(26)12(28-19)7-29-13-6-5-10-3-1-2-4-11(10)24-13/h1-6,8-9,12,15-16,19,26-27H,7H2,(H2,20,21,22)/t12?,15-,16-,19-/m1/s1. The van der Waals surface area contributed by atoms with Gasteiger partial charge in [0.05, 0.1) is 23.0 Å². The van der Waals surface area contributed by atoms with Crippen molar-refractivity contribution in [3.8, 4) is 0 Å². The zero-order valence-corrected chi connectivity index (χ0v) is 16.0. The number of rotatable bonds is 4. The molecule has 0 bridgehead atoms. The highest BCUT2D eigenvalue weighted by atomic mass is 32.2. The summed E-state index contributed by atoms with van der Waals surface area (Å²) in [6, 6.07) is 11.8. The third-order valence-electron chi connectivity index (χ3n) is 4.97. The van der Waals surface area contributed by atoms with Crippen LogP contribution in [0, 0.1) is 0 Å². The quantitative estimate of drug-likeness (QED) is 0.427. The zero-order chi connectivity index (χ0) is 20.0. The Labute approximate surface area is 169 Å². The van der Waals surface area contributed by atoms with Crippen LogP contribution in [0.15, 0.2) is 54.1 Å². The highest BCUT2D eigenvalue weighted by Crippen LogP contribution is 2.34. The maximum atomic E-state index is 10.5. The smallest absolute Gasteiger partial charge is 0.167 e. The van der Waals surface area contributed by atoms with Gasteiger partial charge in [0.2, 0.25) is 0 Å². The summed E-state index contributed by atoms with van der Waals surface area (Å²) in [6.45, 7) is 0. The fourth-order valence-corrected chi connectivity index (χ4v) is 4.39. The van der Waals surface area contributed by atoms with Gasteiger partial charge < -0.3 is 20.7 Å². The molecule has 1 aliphatic heterocycles. The molecule has 0 amide bonds. The number of imidazole rings is 1. The van der Waals surface area contributed by atoms with Crippen molar-refractivity contribution in [1.29, 1.82) is 0 Å². The number of aliphatic hydroxyl groups excluding tert-OH is 2. The number of fused-ring (bicyclic) bond motifs is 2. The zero-order valence-electron chi connectivity index (χ0n) is 15.2. The number of aromatic nitrogens is 5. The molecule has 0 aliphatic carbocycles. The van der Waals surface area contributed by atoms with Crippen molar-refractivity contribution in [1.82, 2.24) is 24.5 Å². The van der Waals surface area contributed by atoms with Crippen LogP contribution in [0.5, 0.6) is 0 Å². The van der Waals surface area contributed by atoms with E-state index in [0.29, 0.717) is 16.9 Å². The Morgan fingerprint density at radius 1 is 1.07 bits per heavy atom. The van der Waals surface area contributed by atoms with E-state index < -0.39 is 24.5 Å². The van der Waals surface area contributed by atoms with Gasteiger partial charge in [-0.15, -0.1) is 11.8 Å². The first-order valence-corrected chi connectivity index (χ1v) is 10.0. The first-order chi connectivity index (χ1) is 14.1. The average Bonchev–Trinajstić information content (AvgIpc) is 3.29. The Morgan fingerprint density at radius 2 is 1.93 bits per heavy atom. The SMILES string of the molecule is Nc1ncnc2c1ncn2[C@@H]1OC(CSc2ccc3ccccc3n2)[C@@H](O)[C@H]1O. The van der Waals surface area contributed by atoms with Crippen LogP contribution in [0.2, 0.25) is 0 Å². The minimum atomic E-state index is -1.13. The second-order valence-corrected chi connectivity index (χ2v) is 7.82. The molecule has 4 N–H and O–H groups in total. The molecule has 1 fully saturated rings. The van der Waals surface area contributed by atoms with Crippen LogP contribution in [0.1, 0.15) is 6.23 Å². The summed E-state index contributed by atoms with van der Waals surface area (Å²) in [7, 11) is 0. The maximum Gasteiger partial charge on any atom is 0.167 e. The maximum absolute atomic E-state index is 10.5. The van der Waals surface area contributed by atoms with E-state index in [9.17, 15) is 10.2 Å². The fraction of sp³-hybridized carbons (Fsp3) is 0.263. The number of hydrogen-bond acceptors (Lipinski definition) is 9. The third-order valence-corrected chi connectivity index (χ3v) is 5.99. The van der Waals surface area contributed by atoms with Gasteiger partial charge in [0.15, 0.2) is 17.7 Å². The van der Waals surface area contributed by atoms with Gasteiger partial charge in [-0.3, -0.25) is 4.57 Å². The normalized spacial score (nSPS) is 24.5. The van der Waals surface area contributed by atoms with Gasteiger partial charge in [0.1, 0.15) is 24.1 Å². The molecule has 0 saturated carbocycles. The van der Waals surface area contributed by atoms with Crippen LogP contribution in [0.25, 0.3) is 22.1 Å². The molecule has 9 nitrogen and oxygen atoms in total. The summed E-state index contributed by atoms with van der Waals surface area (Å²) in [5, 5.41) is 22.9. The predicted octanol–water partition coefficient (Wildman–Crippen LogP) is 1.37. The molecule has 1 aromatic carbocycles. The topological polar surface area (TPSA) is 132 Å². The van der Waals surface area contributed by atoms with E-state index in [1.165, 1.54) is 24.4 Å². The van der Waals surface area contributed by atoms with Gasteiger partial charge in [-0.25, -0.2) is 19.9 Å². The highest BCUT2D eigenvalue weighted by Gasteiger charge is 2.44. The molecule has 10 heteroatoms. The fourth-order valence-electron chi connectivity index (χ4n) is 3.45. The van der Waals surface area contributed by atoms with E-state index in [2.05, 4.69) is 19.9 Å². The number of pyridine rings is 1. The summed E-state index contributed by atoms with van der Waals surface area (Å²) >= 11 is 1.47. The first-order valence-electron chi connectivity index (χ1n) is 9.05. The summed E-state index contributed by atoms with van der Waals surface area (Å²) in [4.78, 5) is 16.9. The van der Waals surface area contributed by atoms with Gasteiger partial charge in [-0.05, 0) is 12.1 Å². The van der Waals surface area contributed by atoms with E-state index in [1.54, 1.807) is 4.57 Å². The Balaban J connectivity index is 1.34. The lowest BCUT2D eigenvalue weighted by molar-refractivity contribution is -0.0289. The molecular weight excluding hydrogens is 392 g/mol. The number of thioether (sulfide) groups is 1. The summed E-state index contributed by atoms with van der Waals surface area (Å²) < 4.78 is 7.53. The number of para-hydroxylation sites is 1. The van der Waals surface area contributed by atoms with E-state index in [4.69, 9.17) is 10.5 Å². The molecular formula is C19H18N6O3S. The van der Waals surface area contributed by atoms with Crippen LogP contribution in [-0.2, 0) is 4.74 Å². The van der Waals surface area contributed by atoms with Crippen LogP contribution in [0.3, 0.4) is 0 Å². The molecule has 1 unspecified atom stereocenters. The first kappa shape index (κ1) is 18.3. The summed E-state index contributed by atoms with van der Waals surface area (Å²) in [6.07, 6.45) is -0.768. The van der Waals surface area contributed by atoms with Crippen molar-refractivity contribution in [2.45, 2.75) is 29.6 Å². The van der Waals surface area contributed by atoms with Crippen molar-refractivity contribution in [2.75, 3.05) is 11.5 Å². The number of nitrogens with zero attached hydrogens (tertiary/aromatic N) is 5. The molecule has 29 heavy (non-hydrogen) atoms. The highest BCUT2D eigenvalue weighted by molar-refractivity contribution is 7.99. The molecule has 148 valence electrons. The van der Waals surface area contributed by atoms with Gasteiger partial charge in [0.25, 0.3) is 0 Å². The number of anilines is 1. The minimum Gasteiger partial charge on any atom is -0.387 e. The lowest BCUT2D eigenvalue weighted by Gasteiger charge is -2.16. The molecule has 4 aromatic rings. The Bertz CT molecular complexity index is 1190. The molecule has 4 atom stereocenters. The van der Waals surface area contributed by atoms with Crippen molar-refractivity contribution >= 4 is 39.6 Å². The minimum absolute atomic E-state index is 0.247. The average molecular weight is 410 g/mol. The van der Waals surface area contributed by atoms with Crippen molar-refractivity contribution in [3.05, 3.63) is 49.1 Å². The van der Waals surface area contributed by atoms with Crippen LogP contribution in [-0.4, -0.2) is 58.8 Å². The molecule has 3 aromatic heterocycles. The van der Waals surface area contributed by atoms with Gasteiger partial charge >= 0.3 is 0 Å². The third kappa shape index (κ3) is 3.19.